The third-order valence-corrected chi connectivity index (χ3v) is 2.60. The maximum atomic E-state index is 13.5. The number of carboxylic acids is 1. The number of halogens is 1. The van der Waals surface area contributed by atoms with Crippen LogP contribution in [0.2, 0.25) is 0 Å². The number of carboxylic acid groups (broad SMARTS) is 1. The zero-order valence-corrected chi connectivity index (χ0v) is 10.8. The van der Waals surface area contributed by atoms with Gasteiger partial charge in [-0.1, -0.05) is 0 Å². The van der Waals surface area contributed by atoms with Gasteiger partial charge in [0.15, 0.2) is 0 Å². The van der Waals surface area contributed by atoms with Gasteiger partial charge >= 0.3 is 5.97 Å². The maximum absolute atomic E-state index is 13.5. The van der Waals surface area contributed by atoms with Crippen LogP contribution in [-0.2, 0) is 4.79 Å². The molecule has 106 valence electrons. The molecule has 0 saturated heterocycles. The van der Waals surface area contributed by atoms with E-state index in [4.69, 9.17) is 5.11 Å². The maximum Gasteiger partial charge on any atom is 0.328 e. The normalized spacial score (nSPS) is 10.5. The molecule has 0 bridgehead atoms. The molecule has 0 spiro atoms. The third-order valence-electron chi connectivity index (χ3n) is 2.60. The lowest BCUT2D eigenvalue weighted by molar-refractivity contribution is -0.131. The Labute approximate surface area is 119 Å². The number of aliphatic carboxylic acids is 1. The van der Waals surface area contributed by atoms with Crippen molar-refractivity contribution < 1.29 is 19.1 Å². The monoisotopic (exact) mass is 286 g/mol. The van der Waals surface area contributed by atoms with Gasteiger partial charge in [-0.15, -0.1) is 0 Å². The van der Waals surface area contributed by atoms with E-state index in [1.165, 1.54) is 24.5 Å². The largest absolute Gasteiger partial charge is 0.478 e. The fourth-order valence-corrected chi connectivity index (χ4v) is 1.62. The molecule has 2 N–H and O–H groups in total. The van der Waals surface area contributed by atoms with E-state index in [2.05, 4.69) is 10.3 Å². The number of hydrogen-bond acceptors (Lipinski definition) is 3. The summed E-state index contributed by atoms with van der Waals surface area (Å²) in [6.07, 6.45) is 4.92. The van der Waals surface area contributed by atoms with Crippen molar-refractivity contribution in [3.05, 3.63) is 65.7 Å². The molecule has 0 aliphatic heterocycles. The van der Waals surface area contributed by atoms with E-state index in [-0.39, 0.29) is 11.5 Å². The molecule has 0 saturated carbocycles. The summed E-state index contributed by atoms with van der Waals surface area (Å²) in [5.74, 6) is -2.12. The minimum Gasteiger partial charge on any atom is -0.478 e. The van der Waals surface area contributed by atoms with Gasteiger partial charge in [-0.25, -0.2) is 9.18 Å². The van der Waals surface area contributed by atoms with Gasteiger partial charge in [0.25, 0.3) is 5.91 Å². The van der Waals surface area contributed by atoms with Crippen molar-refractivity contribution in [3.63, 3.8) is 0 Å². The Balaban J connectivity index is 2.19. The lowest BCUT2D eigenvalue weighted by Gasteiger charge is -2.06. The molecular formula is C15H11FN2O3. The van der Waals surface area contributed by atoms with Crippen molar-refractivity contribution in [1.29, 1.82) is 0 Å². The number of rotatable bonds is 4. The van der Waals surface area contributed by atoms with E-state index >= 15 is 0 Å². The summed E-state index contributed by atoms with van der Waals surface area (Å²) in [6.45, 7) is 0. The molecule has 0 aliphatic rings. The van der Waals surface area contributed by atoms with E-state index in [1.54, 1.807) is 12.1 Å². The molecule has 0 radical (unpaired) electrons. The molecule has 6 heteroatoms. The molecule has 1 amide bonds. The molecule has 21 heavy (non-hydrogen) atoms. The van der Waals surface area contributed by atoms with Crippen LogP contribution in [0.15, 0.2) is 48.8 Å². The van der Waals surface area contributed by atoms with Crippen molar-refractivity contribution in [3.8, 4) is 0 Å². The first-order valence-electron chi connectivity index (χ1n) is 5.98. The summed E-state index contributed by atoms with van der Waals surface area (Å²) in [4.78, 5) is 26.2. The molecule has 5 nitrogen and oxygen atoms in total. The van der Waals surface area contributed by atoms with Gasteiger partial charge in [-0.3, -0.25) is 9.78 Å². The number of carbonyl (C=O) groups is 2. The number of carbonyl (C=O) groups excluding carboxylic acids is 1. The average molecular weight is 286 g/mol. The van der Waals surface area contributed by atoms with E-state index in [0.29, 0.717) is 11.3 Å². The molecule has 0 atom stereocenters. The number of hydrogen-bond donors (Lipinski definition) is 2. The zero-order valence-electron chi connectivity index (χ0n) is 10.8. The Kier molecular flexibility index (Phi) is 4.40. The van der Waals surface area contributed by atoms with Crippen LogP contribution in [0.1, 0.15) is 15.9 Å². The molecular weight excluding hydrogens is 275 g/mol. The van der Waals surface area contributed by atoms with Crippen LogP contribution < -0.4 is 5.32 Å². The van der Waals surface area contributed by atoms with Gasteiger partial charge in [0.05, 0.1) is 0 Å². The summed E-state index contributed by atoms with van der Waals surface area (Å²) in [5.41, 5.74) is 0.852. The van der Waals surface area contributed by atoms with E-state index in [0.717, 1.165) is 18.2 Å². The Hall–Kier alpha value is -3.02. The second-order valence-corrected chi connectivity index (χ2v) is 4.10. The minimum atomic E-state index is -1.18. The average Bonchev–Trinajstić information content (AvgIpc) is 2.48. The zero-order chi connectivity index (χ0) is 15.2. The number of nitrogens with zero attached hydrogens (tertiary/aromatic N) is 1. The van der Waals surface area contributed by atoms with Crippen LogP contribution in [0.3, 0.4) is 0 Å². The highest BCUT2D eigenvalue weighted by Crippen LogP contribution is 2.17. The van der Waals surface area contributed by atoms with E-state index in [1.807, 2.05) is 0 Å². The molecule has 1 heterocycles. The standard InChI is InChI=1S/C15H11FN2O3/c16-13-3-2-12(9-11(13)1-4-14(19)20)18-15(21)10-5-7-17-8-6-10/h1-9H,(H,18,21)(H,19,20)/b4-1+. The van der Waals surface area contributed by atoms with E-state index in [9.17, 15) is 14.0 Å². The van der Waals surface area contributed by atoms with Gasteiger partial charge in [0, 0.05) is 35.3 Å². The van der Waals surface area contributed by atoms with Crippen molar-refractivity contribution in [1.82, 2.24) is 4.98 Å². The predicted octanol–water partition coefficient (Wildman–Crippen LogP) is 2.57. The van der Waals surface area contributed by atoms with Crippen molar-refractivity contribution >= 4 is 23.6 Å². The second kappa shape index (κ2) is 6.42. The highest BCUT2D eigenvalue weighted by atomic mass is 19.1. The van der Waals surface area contributed by atoms with Crippen LogP contribution in [0.4, 0.5) is 10.1 Å². The second-order valence-electron chi connectivity index (χ2n) is 4.10. The Bertz CT molecular complexity index is 699. The lowest BCUT2D eigenvalue weighted by Crippen LogP contribution is -2.12. The van der Waals surface area contributed by atoms with Gasteiger partial charge in [0.2, 0.25) is 0 Å². The highest BCUT2D eigenvalue weighted by Gasteiger charge is 2.07. The van der Waals surface area contributed by atoms with Crippen LogP contribution >= 0.6 is 0 Å². The summed E-state index contributed by atoms with van der Waals surface area (Å²) < 4.78 is 13.5. The highest BCUT2D eigenvalue weighted by molar-refractivity contribution is 6.04. The first-order chi connectivity index (χ1) is 10.1. The smallest absolute Gasteiger partial charge is 0.328 e. The fourth-order valence-electron chi connectivity index (χ4n) is 1.62. The van der Waals surface area contributed by atoms with Gasteiger partial charge in [0.1, 0.15) is 5.82 Å². The summed E-state index contributed by atoms with van der Waals surface area (Å²) in [5, 5.41) is 11.1. The molecule has 0 aliphatic carbocycles. The number of anilines is 1. The summed E-state index contributed by atoms with van der Waals surface area (Å²) in [6, 6.07) is 7.00. The molecule has 2 aromatic rings. The van der Waals surface area contributed by atoms with Crippen molar-refractivity contribution in [2.75, 3.05) is 5.32 Å². The summed E-state index contributed by atoms with van der Waals surface area (Å²) >= 11 is 0. The number of pyridine rings is 1. The molecule has 1 aromatic carbocycles. The number of benzene rings is 1. The third kappa shape index (κ3) is 3.97. The van der Waals surface area contributed by atoms with Gasteiger partial charge in [-0.05, 0) is 36.4 Å². The minimum absolute atomic E-state index is 0.0740. The Morgan fingerprint density at radius 1 is 1.19 bits per heavy atom. The number of aromatic nitrogens is 1. The first-order valence-corrected chi connectivity index (χ1v) is 5.98. The quantitative estimate of drug-likeness (QED) is 0.847. The molecule has 1 aromatic heterocycles. The first kappa shape index (κ1) is 14.4. The van der Waals surface area contributed by atoms with Gasteiger partial charge in [-0.2, -0.15) is 0 Å². The Morgan fingerprint density at radius 2 is 1.90 bits per heavy atom. The fraction of sp³-hybridized carbons (Fsp3) is 0. The topological polar surface area (TPSA) is 79.3 Å². The Morgan fingerprint density at radius 3 is 2.57 bits per heavy atom. The van der Waals surface area contributed by atoms with Crippen LogP contribution in [0.25, 0.3) is 6.08 Å². The van der Waals surface area contributed by atoms with Crippen LogP contribution in [0.5, 0.6) is 0 Å². The number of amides is 1. The lowest BCUT2D eigenvalue weighted by atomic mass is 10.1. The molecule has 2 rings (SSSR count). The van der Waals surface area contributed by atoms with E-state index < -0.39 is 11.8 Å². The molecule has 0 unspecified atom stereocenters. The van der Waals surface area contributed by atoms with Crippen molar-refractivity contribution in [2.45, 2.75) is 0 Å². The van der Waals surface area contributed by atoms with Crippen LogP contribution in [0, 0.1) is 5.82 Å². The van der Waals surface area contributed by atoms with Gasteiger partial charge < -0.3 is 10.4 Å². The molecule has 0 fully saturated rings. The SMILES string of the molecule is O=C(O)/C=C/c1cc(NC(=O)c2ccncc2)ccc1F. The van der Waals surface area contributed by atoms with Crippen molar-refractivity contribution in [2.24, 2.45) is 0 Å². The van der Waals surface area contributed by atoms with Crippen LogP contribution in [-0.4, -0.2) is 22.0 Å². The summed E-state index contributed by atoms with van der Waals surface area (Å²) in [7, 11) is 0. The predicted molar refractivity (Wildman–Crippen MR) is 75.3 cm³/mol. The number of nitrogens with one attached hydrogen (secondary N) is 1.